The van der Waals surface area contributed by atoms with Crippen LogP contribution in [0.3, 0.4) is 0 Å². The Balaban J connectivity index is 1.78. The number of benzene rings is 1. The zero-order chi connectivity index (χ0) is 14.6. The molecule has 1 unspecified atom stereocenters. The molecule has 1 aliphatic heterocycles. The first-order chi connectivity index (χ1) is 9.48. The predicted molar refractivity (Wildman–Crippen MR) is 79.1 cm³/mol. The molecule has 1 heterocycles. The van der Waals surface area contributed by atoms with Crippen molar-refractivity contribution in [1.29, 1.82) is 0 Å². The number of hydrogen-bond acceptors (Lipinski definition) is 3. The molecule has 112 valence electrons. The number of halogens is 1. The van der Waals surface area contributed by atoms with Crippen molar-refractivity contribution >= 4 is 0 Å². The van der Waals surface area contributed by atoms with Gasteiger partial charge in [0, 0.05) is 13.1 Å². The highest BCUT2D eigenvalue weighted by Gasteiger charge is 2.28. The van der Waals surface area contributed by atoms with E-state index in [2.05, 4.69) is 24.2 Å². The van der Waals surface area contributed by atoms with Crippen LogP contribution >= 0.6 is 0 Å². The Hall–Kier alpha value is -0.970. The van der Waals surface area contributed by atoms with Crippen molar-refractivity contribution in [1.82, 2.24) is 10.2 Å². The summed E-state index contributed by atoms with van der Waals surface area (Å²) in [6, 6.07) is 6.17. The summed E-state index contributed by atoms with van der Waals surface area (Å²) >= 11 is 0. The molecule has 0 radical (unpaired) electrons. The van der Waals surface area contributed by atoms with Crippen molar-refractivity contribution < 1.29 is 9.50 Å². The molecule has 1 saturated heterocycles. The van der Waals surface area contributed by atoms with Crippen LogP contribution in [0.5, 0.6) is 0 Å². The zero-order valence-electron chi connectivity index (χ0n) is 12.4. The summed E-state index contributed by atoms with van der Waals surface area (Å²) in [6.45, 7) is 5.92. The number of aliphatic hydroxyl groups is 1. The summed E-state index contributed by atoms with van der Waals surface area (Å²) < 4.78 is 13.1. The van der Waals surface area contributed by atoms with E-state index >= 15 is 0 Å². The molecule has 1 aromatic carbocycles. The maximum Gasteiger partial charge on any atom is 0.123 e. The highest BCUT2D eigenvalue weighted by atomic mass is 19.1. The van der Waals surface area contributed by atoms with E-state index in [0.29, 0.717) is 17.5 Å². The minimum Gasteiger partial charge on any atom is -0.387 e. The van der Waals surface area contributed by atoms with Crippen molar-refractivity contribution in [2.24, 2.45) is 5.41 Å². The number of likely N-dealkylation sites (tertiary alicyclic amines) is 1. The lowest BCUT2D eigenvalue weighted by molar-refractivity contribution is 0.124. The van der Waals surface area contributed by atoms with Gasteiger partial charge >= 0.3 is 0 Å². The molecule has 0 amide bonds. The quantitative estimate of drug-likeness (QED) is 0.868. The first-order valence-corrected chi connectivity index (χ1v) is 7.31. The van der Waals surface area contributed by atoms with Crippen molar-refractivity contribution in [3.05, 3.63) is 35.6 Å². The molecule has 2 rings (SSSR count). The molecule has 1 aliphatic rings. The molecule has 0 aromatic heterocycles. The third kappa shape index (κ3) is 4.27. The fraction of sp³-hybridized carbons (Fsp3) is 0.625. The summed E-state index contributed by atoms with van der Waals surface area (Å²) in [5, 5.41) is 13.4. The van der Waals surface area contributed by atoms with E-state index in [1.165, 1.54) is 25.0 Å². The minimum atomic E-state index is -0.652. The predicted octanol–water partition coefficient (Wildman–Crippen LogP) is 2.18. The van der Waals surface area contributed by atoms with Crippen LogP contribution < -0.4 is 5.32 Å². The molecule has 2 N–H and O–H groups in total. The lowest BCUT2D eigenvalue weighted by atomic mass is 9.80. The van der Waals surface area contributed by atoms with Gasteiger partial charge < -0.3 is 15.3 Å². The van der Waals surface area contributed by atoms with E-state index < -0.39 is 6.10 Å². The van der Waals surface area contributed by atoms with Crippen LogP contribution in [0.15, 0.2) is 24.3 Å². The van der Waals surface area contributed by atoms with Crippen molar-refractivity contribution in [3.63, 3.8) is 0 Å². The van der Waals surface area contributed by atoms with E-state index in [1.54, 1.807) is 12.1 Å². The summed E-state index contributed by atoms with van der Waals surface area (Å²) in [5.74, 6) is -0.302. The third-order valence-corrected chi connectivity index (χ3v) is 4.32. The van der Waals surface area contributed by atoms with Gasteiger partial charge in [0.05, 0.1) is 6.10 Å². The molecule has 1 atom stereocenters. The third-order valence-electron chi connectivity index (χ3n) is 4.32. The minimum absolute atomic E-state index is 0.300. The van der Waals surface area contributed by atoms with E-state index in [4.69, 9.17) is 0 Å². The number of nitrogens with one attached hydrogen (secondary N) is 1. The second kappa shape index (κ2) is 6.66. The van der Waals surface area contributed by atoms with E-state index in [0.717, 1.165) is 19.6 Å². The number of aliphatic hydroxyl groups excluding tert-OH is 1. The summed E-state index contributed by atoms with van der Waals surface area (Å²) in [6.07, 6.45) is 1.69. The Labute approximate surface area is 120 Å². The Morgan fingerprint density at radius 1 is 1.40 bits per heavy atom. The highest BCUT2D eigenvalue weighted by molar-refractivity contribution is 5.18. The standard InChI is InChI=1S/C16H25FN2O/c1-16(6-8-19(2)9-7-16)12-18-11-15(20)13-4-3-5-14(17)10-13/h3-5,10,15,18,20H,6-9,11-12H2,1-2H3. The summed E-state index contributed by atoms with van der Waals surface area (Å²) in [5.41, 5.74) is 0.930. The van der Waals surface area contributed by atoms with Gasteiger partial charge in [0.25, 0.3) is 0 Å². The van der Waals surface area contributed by atoms with Crippen LogP contribution in [0, 0.1) is 11.2 Å². The lowest BCUT2D eigenvalue weighted by Crippen LogP contribution is -2.42. The van der Waals surface area contributed by atoms with Gasteiger partial charge in [0.2, 0.25) is 0 Å². The molecule has 0 bridgehead atoms. The molecule has 1 fully saturated rings. The van der Waals surface area contributed by atoms with Gasteiger partial charge in [-0.3, -0.25) is 0 Å². The van der Waals surface area contributed by atoms with E-state index in [9.17, 15) is 9.50 Å². The maximum absolute atomic E-state index is 13.1. The highest BCUT2D eigenvalue weighted by Crippen LogP contribution is 2.29. The van der Waals surface area contributed by atoms with Gasteiger partial charge in [-0.2, -0.15) is 0 Å². The monoisotopic (exact) mass is 280 g/mol. The van der Waals surface area contributed by atoms with Crippen LogP contribution in [-0.2, 0) is 0 Å². The average Bonchev–Trinajstić information content (AvgIpc) is 2.42. The maximum atomic E-state index is 13.1. The molecule has 0 spiro atoms. The molecule has 1 aromatic rings. The van der Waals surface area contributed by atoms with Gasteiger partial charge in [0.1, 0.15) is 5.82 Å². The Kier molecular flexibility index (Phi) is 5.13. The average molecular weight is 280 g/mol. The van der Waals surface area contributed by atoms with Gasteiger partial charge in [0.15, 0.2) is 0 Å². The van der Waals surface area contributed by atoms with Gasteiger partial charge in [-0.05, 0) is 56.1 Å². The molecule has 20 heavy (non-hydrogen) atoms. The van der Waals surface area contributed by atoms with Gasteiger partial charge in [-0.25, -0.2) is 4.39 Å². The van der Waals surface area contributed by atoms with Crippen LogP contribution in [0.4, 0.5) is 4.39 Å². The fourth-order valence-corrected chi connectivity index (χ4v) is 2.68. The van der Waals surface area contributed by atoms with Crippen LogP contribution in [0.25, 0.3) is 0 Å². The van der Waals surface area contributed by atoms with Crippen LogP contribution in [0.2, 0.25) is 0 Å². The molecule has 0 aliphatic carbocycles. The number of hydrogen-bond donors (Lipinski definition) is 2. The molecular formula is C16H25FN2O. The molecule has 3 nitrogen and oxygen atoms in total. The first-order valence-electron chi connectivity index (χ1n) is 7.31. The summed E-state index contributed by atoms with van der Waals surface area (Å²) in [7, 11) is 2.15. The molecule has 0 saturated carbocycles. The molecular weight excluding hydrogens is 255 g/mol. The van der Waals surface area contributed by atoms with Gasteiger partial charge in [-0.1, -0.05) is 19.1 Å². The number of piperidine rings is 1. The first kappa shape index (κ1) is 15.4. The van der Waals surface area contributed by atoms with Crippen molar-refractivity contribution in [2.75, 3.05) is 33.2 Å². The second-order valence-electron chi connectivity index (χ2n) is 6.32. The Morgan fingerprint density at radius 3 is 2.75 bits per heavy atom. The Morgan fingerprint density at radius 2 is 2.10 bits per heavy atom. The van der Waals surface area contributed by atoms with E-state index in [-0.39, 0.29) is 5.82 Å². The zero-order valence-corrected chi connectivity index (χ0v) is 12.4. The van der Waals surface area contributed by atoms with Crippen molar-refractivity contribution in [2.45, 2.75) is 25.9 Å². The Bertz CT molecular complexity index is 430. The van der Waals surface area contributed by atoms with Crippen LogP contribution in [0.1, 0.15) is 31.4 Å². The number of rotatable bonds is 5. The smallest absolute Gasteiger partial charge is 0.123 e. The lowest BCUT2D eigenvalue weighted by Gasteiger charge is -2.38. The van der Waals surface area contributed by atoms with Crippen molar-refractivity contribution in [3.8, 4) is 0 Å². The fourth-order valence-electron chi connectivity index (χ4n) is 2.68. The number of nitrogens with zero attached hydrogens (tertiary/aromatic N) is 1. The van der Waals surface area contributed by atoms with Gasteiger partial charge in [-0.15, -0.1) is 0 Å². The van der Waals surface area contributed by atoms with Crippen LogP contribution in [-0.4, -0.2) is 43.2 Å². The largest absolute Gasteiger partial charge is 0.387 e. The normalized spacial score (nSPS) is 20.8. The SMILES string of the molecule is CN1CCC(C)(CNCC(O)c2cccc(F)c2)CC1. The second-order valence-corrected chi connectivity index (χ2v) is 6.32. The molecule has 4 heteroatoms. The summed E-state index contributed by atoms with van der Waals surface area (Å²) in [4.78, 5) is 2.35. The van der Waals surface area contributed by atoms with E-state index in [1.807, 2.05) is 0 Å². The topological polar surface area (TPSA) is 35.5 Å².